The SMILES string of the molecule is O=c1[nH]c(=O)n(Cc2ccc(Oc3ccc(F)cc3)cc2)cc1N1CCOCC1. The quantitative estimate of drug-likeness (QED) is 0.715. The molecule has 7 nitrogen and oxygen atoms in total. The van der Waals surface area contributed by atoms with Gasteiger partial charge in [-0.15, -0.1) is 0 Å². The fourth-order valence-corrected chi connectivity index (χ4v) is 3.14. The molecule has 1 aromatic heterocycles. The summed E-state index contributed by atoms with van der Waals surface area (Å²) < 4.78 is 25.4. The van der Waals surface area contributed by atoms with E-state index in [0.29, 0.717) is 50.0 Å². The third-order valence-corrected chi connectivity index (χ3v) is 4.67. The van der Waals surface area contributed by atoms with E-state index in [0.717, 1.165) is 5.56 Å². The molecule has 0 saturated carbocycles. The maximum absolute atomic E-state index is 13.0. The van der Waals surface area contributed by atoms with Crippen LogP contribution in [0.4, 0.5) is 10.1 Å². The predicted octanol–water partition coefficient (Wildman–Crippen LogP) is 2.35. The van der Waals surface area contributed by atoms with Gasteiger partial charge in [-0.3, -0.25) is 14.3 Å². The van der Waals surface area contributed by atoms with E-state index in [-0.39, 0.29) is 5.82 Å². The van der Waals surface area contributed by atoms with E-state index in [9.17, 15) is 14.0 Å². The van der Waals surface area contributed by atoms with Gasteiger partial charge < -0.3 is 14.4 Å². The second-order valence-corrected chi connectivity index (χ2v) is 6.70. The zero-order valence-corrected chi connectivity index (χ0v) is 15.6. The maximum Gasteiger partial charge on any atom is 0.328 e. The highest BCUT2D eigenvalue weighted by Gasteiger charge is 2.16. The highest BCUT2D eigenvalue weighted by molar-refractivity contribution is 5.42. The monoisotopic (exact) mass is 397 g/mol. The van der Waals surface area contributed by atoms with Crippen molar-refractivity contribution >= 4 is 5.69 Å². The Morgan fingerprint density at radius 2 is 1.59 bits per heavy atom. The van der Waals surface area contributed by atoms with Crippen LogP contribution in [0.15, 0.2) is 64.3 Å². The molecule has 1 aliphatic rings. The van der Waals surface area contributed by atoms with E-state index in [1.54, 1.807) is 30.5 Å². The van der Waals surface area contributed by atoms with Crippen LogP contribution in [0, 0.1) is 5.82 Å². The third-order valence-electron chi connectivity index (χ3n) is 4.67. The molecule has 0 atom stereocenters. The van der Waals surface area contributed by atoms with Gasteiger partial charge in [0.15, 0.2) is 0 Å². The second kappa shape index (κ2) is 8.32. The van der Waals surface area contributed by atoms with Crippen molar-refractivity contribution in [3.8, 4) is 11.5 Å². The van der Waals surface area contributed by atoms with Crippen LogP contribution in [0.3, 0.4) is 0 Å². The van der Waals surface area contributed by atoms with Crippen LogP contribution in [0.5, 0.6) is 11.5 Å². The molecule has 0 radical (unpaired) electrons. The number of ether oxygens (including phenoxy) is 2. The van der Waals surface area contributed by atoms with Gasteiger partial charge >= 0.3 is 5.69 Å². The first-order valence-corrected chi connectivity index (χ1v) is 9.27. The predicted molar refractivity (Wildman–Crippen MR) is 106 cm³/mol. The van der Waals surface area contributed by atoms with E-state index < -0.39 is 11.2 Å². The van der Waals surface area contributed by atoms with Gasteiger partial charge in [0.1, 0.15) is 23.0 Å². The highest BCUT2D eigenvalue weighted by atomic mass is 19.1. The third kappa shape index (κ3) is 4.55. The molecule has 0 spiro atoms. The number of anilines is 1. The number of H-pyrrole nitrogens is 1. The minimum Gasteiger partial charge on any atom is -0.457 e. The molecule has 1 N–H and O–H groups in total. The van der Waals surface area contributed by atoms with Gasteiger partial charge in [-0.2, -0.15) is 0 Å². The molecule has 0 aliphatic carbocycles. The lowest BCUT2D eigenvalue weighted by Gasteiger charge is -2.28. The molecule has 29 heavy (non-hydrogen) atoms. The Kier molecular flexibility index (Phi) is 5.44. The summed E-state index contributed by atoms with van der Waals surface area (Å²) in [6, 6.07) is 13.0. The van der Waals surface area contributed by atoms with Crippen LogP contribution in [0.2, 0.25) is 0 Å². The lowest BCUT2D eigenvalue weighted by atomic mass is 10.2. The number of hydrogen-bond donors (Lipinski definition) is 1. The van der Waals surface area contributed by atoms with E-state index >= 15 is 0 Å². The Hall–Kier alpha value is -3.39. The Morgan fingerprint density at radius 3 is 2.24 bits per heavy atom. The molecule has 2 heterocycles. The lowest BCUT2D eigenvalue weighted by molar-refractivity contribution is 0.122. The second-order valence-electron chi connectivity index (χ2n) is 6.70. The Balaban J connectivity index is 1.50. The molecule has 8 heteroatoms. The molecule has 1 fully saturated rings. The minimum absolute atomic E-state index is 0.309. The van der Waals surface area contributed by atoms with Crippen molar-refractivity contribution in [2.24, 2.45) is 0 Å². The summed E-state index contributed by atoms with van der Waals surface area (Å²) in [5.74, 6) is 0.810. The molecular formula is C21H20FN3O4. The van der Waals surface area contributed by atoms with Gasteiger partial charge in [0.05, 0.1) is 19.8 Å². The van der Waals surface area contributed by atoms with Crippen LogP contribution in [0.1, 0.15) is 5.56 Å². The van der Waals surface area contributed by atoms with E-state index in [1.165, 1.54) is 16.7 Å². The number of aromatic nitrogens is 2. The summed E-state index contributed by atoms with van der Waals surface area (Å²) >= 11 is 0. The van der Waals surface area contributed by atoms with Crippen molar-refractivity contribution in [3.05, 3.63) is 86.9 Å². The number of hydrogen-bond acceptors (Lipinski definition) is 5. The van der Waals surface area contributed by atoms with Gasteiger partial charge in [0, 0.05) is 19.3 Å². The van der Waals surface area contributed by atoms with Crippen molar-refractivity contribution in [2.75, 3.05) is 31.2 Å². The molecule has 0 bridgehead atoms. The number of halogens is 1. The fraction of sp³-hybridized carbons (Fsp3) is 0.238. The first-order chi connectivity index (χ1) is 14.1. The summed E-state index contributed by atoms with van der Waals surface area (Å²) in [5, 5.41) is 0. The molecule has 0 unspecified atom stereocenters. The molecule has 3 aromatic rings. The van der Waals surface area contributed by atoms with Crippen LogP contribution in [-0.2, 0) is 11.3 Å². The van der Waals surface area contributed by atoms with Gasteiger partial charge in [-0.05, 0) is 42.0 Å². The summed E-state index contributed by atoms with van der Waals surface area (Å²) in [7, 11) is 0. The zero-order chi connectivity index (χ0) is 20.2. The summed E-state index contributed by atoms with van der Waals surface area (Å²) in [5.41, 5.74) is 0.484. The van der Waals surface area contributed by atoms with Crippen LogP contribution >= 0.6 is 0 Å². The van der Waals surface area contributed by atoms with Crippen LogP contribution < -0.4 is 20.9 Å². The molecule has 150 valence electrons. The standard InChI is InChI=1S/C21H20FN3O4/c22-16-3-7-18(8-4-16)29-17-5-1-15(2-6-17)13-25-14-19(20(26)23-21(25)27)24-9-11-28-12-10-24/h1-8,14H,9-13H2,(H,23,26,27). The first-order valence-electron chi connectivity index (χ1n) is 9.27. The molecule has 1 aliphatic heterocycles. The largest absolute Gasteiger partial charge is 0.457 e. The molecule has 1 saturated heterocycles. The maximum atomic E-state index is 13.0. The topological polar surface area (TPSA) is 76.6 Å². The normalized spacial score (nSPS) is 14.0. The van der Waals surface area contributed by atoms with Crippen molar-refractivity contribution in [1.29, 1.82) is 0 Å². The minimum atomic E-state index is -0.460. The van der Waals surface area contributed by atoms with E-state index in [2.05, 4.69) is 4.98 Å². The Morgan fingerprint density at radius 1 is 0.966 bits per heavy atom. The Labute approximate surface area is 165 Å². The molecule has 0 amide bonds. The van der Waals surface area contributed by atoms with Gasteiger partial charge in [0.25, 0.3) is 5.56 Å². The first kappa shape index (κ1) is 18.9. The molecular weight excluding hydrogens is 377 g/mol. The summed E-state index contributed by atoms with van der Waals surface area (Å²) in [6.07, 6.45) is 1.59. The van der Waals surface area contributed by atoms with Crippen molar-refractivity contribution < 1.29 is 13.9 Å². The number of rotatable bonds is 5. The average Bonchev–Trinajstić information content (AvgIpc) is 2.74. The van der Waals surface area contributed by atoms with Crippen molar-refractivity contribution in [3.63, 3.8) is 0 Å². The number of nitrogens with one attached hydrogen (secondary N) is 1. The highest BCUT2D eigenvalue weighted by Crippen LogP contribution is 2.22. The number of benzene rings is 2. The van der Waals surface area contributed by atoms with Gasteiger partial charge in [-0.1, -0.05) is 12.1 Å². The lowest BCUT2D eigenvalue weighted by Crippen LogP contribution is -2.42. The number of morpholine rings is 1. The number of aromatic amines is 1. The Bertz CT molecular complexity index is 1080. The van der Waals surface area contributed by atoms with E-state index in [4.69, 9.17) is 9.47 Å². The van der Waals surface area contributed by atoms with Gasteiger partial charge in [0.2, 0.25) is 0 Å². The van der Waals surface area contributed by atoms with Gasteiger partial charge in [-0.25, -0.2) is 9.18 Å². The fourth-order valence-electron chi connectivity index (χ4n) is 3.14. The van der Waals surface area contributed by atoms with Crippen LogP contribution in [0.25, 0.3) is 0 Å². The van der Waals surface area contributed by atoms with Crippen molar-refractivity contribution in [1.82, 2.24) is 9.55 Å². The summed E-state index contributed by atoms with van der Waals surface area (Å²) in [4.78, 5) is 28.7. The van der Waals surface area contributed by atoms with E-state index in [1.807, 2.05) is 17.0 Å². The zero-order valence-electron chi connectivity index (χ0n) is 15.6. The smallest absolute Gasteiger partial charge is 0.328 e. The average molecular weight is 397 g/mol. The molecule has 2 aromatic carbocycles. The number of nitrogens with zero attached hydrogens (tertiary/aromatic N) is 2. The molecule has 4 rings (SSSR count). The van der Waals surface area contributed by atoms with Crippen molar-refractivity contribution in [2.45, 2.75) is 6.54 Å². The summed E-state index contributed by atoms with van der Waals surface area (Å²) in [6.45, 7) is 2.62. The van der Waals surface area contributed by atoms with Crippen LogP contribution in [-0.4, -0.2) is 35.9 Å².